The second-order valence-electron chi connectivity index (χ2n) is 4.99. The normalized spacial score (nSPS) is 22.5. The molecule has 0 unspecified atom stereocenters. The Balaban J connectivity index is 2.12. The fourth-order valence-electron chi connectivity index (χ4n) is 2.88. The van der Waals surface area contributed by atoms with Crippen LogP contribution in [0.4, 0.5) is 5.69 Å². The van der Waals surface area contributed by atoms with E-state index in [1.54, 1.807) is 11.9 Å². The third-order valence-electron chi connectivity index (χ3n) is 3.90. The second-order valence-corrected chi connectivity index (χ2v) is 4.99. The number of rotatable bonds is 1. The third kappa shape index (κ3) is 1.52. The van der Waals surface area contributed by atoms with Gasteiger partial charge in [-0.2, -0.15) is 4.74 Å². The van der Waals surface area contributed by atoms with Crippen LogP contribution in [-0.2, 0) is 4.79 Å². The van der Waals surface area contributed by atoms with Gasteiger partial charge in [0.15, 0.2) is 6.04 Å². The number of carbonyl (C=O) groups is 1. The van der Waals surface area contributed by atoms with Crippen molar-refractivity contribution >= 4 is 17.3 Å². The Morgan fingerprint density at radius 2 is 1.94 bits per heavy atom. The van der Waals surface area contributed by atoms with E-state index in [2.05, 4.69) is 0 Å². The van der Waals surface area contributed by atoms with Crippen LogP contribution in [0.25, 0.3) is 0 Å². The first-order valence-corrected chi connectivity index (χ1v) is 6.41. The zero-order chi connectivity index (χ0) is 12.7. The monoisotopic (exact) mass is 244 g/mol. The molecule has 1 amide bonds. The molecule has 18 heavy (non-hydrogen) atoms. The minimum absolute atomic E-state index is 0.0245. The van der Waals surface area contributed by atoms with Crippen LogP contribution in [0.3, 0.4) is 0 Å². The molecule has 0 atom stereocenters. The first-order chi connectivity index (χ1) is 8.70. The van der Waals surface area contributed by atoms with Crippen molar-refractivity contribution in [3.63, 3.8) is 0 Å². The molecule has 2 aliphatic rings. The Kier molecular flexibility index (Phi) is 2.58. The summed E-state index contributed by atoms with van der Waals surface area (Å²) < 4.78 is 0.956. The molecule has 0 saturated heterocycles. The van der Waals surface area contributed by atoms with Crippen LogP contribution in [0.2, 0.25) is 0 Å². The van der Waals surface area contributed by atoms with Crippen molar-refractivity contribution < 1.29 is 9.53 Å². The molecule has 0 radical (unpaired) electrons. The third-order valence-corrected chi connectivity index (χ3v) is 3.90. The highest BCUT2D eigenvalue weighted by Gasteiger charge is 2.39. The van der Waals surface area contributed by atoms with Crippen LogP contribution in [0.5, 0.6) is 0 Å². The fourth-order valence-corrected chi connectivity index (χ4v) is 2.88. The zero-order valence-corrected chi connectivity index (χ0v) is 10.4. The van der Waals surface area contributed by atoms with E-state index in [1.807, 2.05) is 24.3 Å². The molecule has 0 N–H and O–H groups in total. The average molecular weight is 244 g/mol. The van der Waals surface area contributed by atoms with E-state index in [9.17, 15) is 10.0 Å². The van der Waals surface area contributed by atoms with Gasteiger partial charge in [0, 0.05) is 19.9 Å². The summed E-state index contributed by atoms with van der Waals surface area (Å²) >= 11 is 0. The highest BCUT2D eigenvalue weighted by Crippen LogP contribution is 2.29. The number of carbonyl (C=O) groups excluding carboxylic acids is 1. The van der Waals surface area contributed by atoms with Gasteiger partial charge in [-0.05, 0) is 25.0 Å². The molecule has 94 valence electrons. The molecule has 1 aromatic carbocycles. The molecule has 4 nitrogen and oxygen atoms in total. The van der Waals surface area contributed by atoms with Crippen molar-refractivity contribution in [1.29, 1.82) is 0 Å². The molecule has 1 aliphatic heterocycles. The first kappa shape index (κ1) is 11.3. The van der Waals surface area contributed by atoms with Gasteiger partial charge in [0.2, 0.25) is 0 Å². The van der Waals surface area contributed by atoms with Gasteiger partial charge in [-0.3, -0.25) is 4.79 Å². The lowest BCUT2D eigenvalue weighted by molar-refractivity contribution is -0.497. The van der Waals surface area contributed by atoms with Gasteiger partial charge in [-0.15, -0.1) is 0 Å². The smallest absolute Gasteiger partial charge is 0.324 e. The molecule has 1 fully saturated rings. The molecule has 0 aromatic heterocycles. The first-order valence-electron chi connectivity index (χ1n) is 6.41. The lowest BCUT2D eigenvalue weighted by atomic mass is 10.1. The molecule has 1 aliphatic carbocycles. The van der Waals surface area contributed by atoms with E-state index in [1.165, 1.54) is 0 Å². The summed E-state index contributed by atoms with van der Waals surface area (Å²) in [6.45, 7) is 0. The van der Waals surface area contributed by atoms with Crippen LogP contribution in [0.15, 0.2) is 24.3 Å². The lowest BCUT2D eigenvalue weighted by Gasteiger charge is -2.13. The summed E-state index contributed by atoms with van der Waals surface area (Å²) in [5.74, 6) is -0.182. The molecule has 0 spiro atoms. The Morgan fingerprint density at radius 3 is 2.67 bits per heavy atom. The topological polar surface area (TPSA) is 46.4 Å². The van der Waals surface area contributed by atoms with Gasteiger partial charge in [-0.1, -0.05) is 12.1 Å². The van der Waals surface area contributed by atoms with Crippen molar-refractivity contribution in [2.24, 2.45) is 0 Å². The number of benzene rings is 1. The zero-order valence-electron chi connectivity index (χ0n) is 10.4. The predicted molar refractivity (Wildman–Crippen MR) is 69.8 cm³/mol. The number of hydrogen-bond acceptors (Lipinski definition) is 2. The maximum atomic E-state index is 12.4. The van der Waals surface area contributed by atoms with Crippen LogP contribution in [0.1, 0.15) is 31.2 Å². The molecule has 1 aromatic rings. The van der Waals surface area contributed by atoms with Gasteiger partial charge in [-0.25, -0.2) is 0 Å². The molecular weight excluding hydrogens is 228 g/mol. The quantitative estimate of drug-likeness (QED) is 0.430. The number of nitrogens with zero attached hydrogens (tertiary/aromatic N) is 2. The SMILES string of the molecule is CN1C(=O)/C(=[N+](/[O-])C2CCCC2)c2ccccc21. The Bertz CT molecular complexity index is 530. The Morgan fingerprint density at radius 1 is 1.28 bits per heavy atom. The molecule has 4 heteroatoms. The van der Waals surface area contributed by atoms with Crippen molar-refractivity contribution in [1.82, 2.24) is 0 Å². The van der Waals surface area contributed by atoms with Gasteiger partial charge < -0.3 is 10.1 Å². The summed E-state index contributed by atoms with van der Waals surface area (Å²) in [7, 11) is 1.72. The maximum absolute atomic E-state index is 12.4. The van der Waals surface area contributed by atoms with Gasteiger partial charge in [0.05, 0.1) is 11.3 Å². The molecule has 1 saturated carbocycles. The number of hydroxylamine groups is 1. The molecular formula is C14H16N2O2. The number of anilines is 1. The van der Waals surface area contributed by atoms with E-state index in [0.29, 0.717) is 5.71 Å². The number of likely N-dealkylation sites (N-methyl/N-ethyl adjacent to an activating group) is 1. The summed E-state index contributed by atoms with van der Waals surface area (Å²) in [4.78, 5) is 13.8. The molecule has 3 rings (SSSR count). The highest BCUT2D eigenvalue weighted by atomic mass is 16.5. The van der Waals surface area contributed by atoms with Crippen molar-refractivity contribution in [3.05, 3.63) is 35.0 Å². The summed E-state index contributed by atoms with van der Waals surface area (Å²) in [5, 5.41) is 12.4. The lowest BCUT2D eigenvalue weighted by Crippen LogP contribution is -2.34. The number of fused-ring (bicyclic) bond motifs is 1. The Hall–Kier alpha value is -1.84. The standard InChI is InChI=1S/C14H16N2O2/c1-15-12-9-5-4-8-11(12)13(14(15)17)16(18)10-6-2-3-7-10/h4-5,8-10H,2-3,6-7H2,1H3/b16-13+. The second kappa shape index (κ2) is 4.12. The number of hydrogen-bond donors (Lipinski definition) is 0. The van der Waals surface area contributed by atoms with Gasteiger partial charge in [0.25, 0.3) is 5.71 Å². The van der Waals surface area contributed by atoms with E-state index < -0.39 is 0 Å². The number of amides is 1. The molecule has 0 bridgehead atoms. The van der Waals surface area contributed by atoms with Crippen molar-refractivity contribution in [2.45, 2.75) is 31.7 Å². The van der Waals surface area contributed by atoms with Gasteiger partial charge in [0.1, 0.15) is 0 Å². The van der Waals surface area contributed by atoms with Crippen molar-refractivity contribution in [2.75, 3.05) is 11.9 Å². The Labute approximate surface area is 106 Å². The molecule has 1 heterocycles. The van der Waals surface area contributed by atoms with Crippen LogP contribution in [-0.4, -0.2) is 29.4 Å². The van der Waals surface area contributed by atoms with E-state index in [0.717, 1.165) is 41.7 Å². The number of para-hydroxylation sites is 1. The van der Waals surface area contributed by atoms with Gasteiger partial charge >= 0.3 is 5.91 Å². The van der Waals surface area contributed by atoms with E-state index >= 15 is 0 Å². The largest absolute Gasteiger partial charge is 0.623 e. The van der Waals surface area contributed by atoms with Crippen LogP contribution < -0.4 is 4.90 Å². The van der Waals surface area contributed by atoms with Crippen molar-refractivity contribution in [3.8, 4) is 0 Å². The fraction of sp³-hybridized carbons (Fsp3) is 0.429. The summed E-state index contributed by atoms with van der Waals surface area (Å²) in [6, 6.07) is 7.46. The van der Waals surface area contributed by atoms with E-state index in [4.69, 9.17) is 0 Å². The summed E-state index contributed by atoms with van der Waals surface area (Å²) in [5.41, 5.74) is 1.92. The summed E-state index contributed by atoms with van der Waals surface area (Å²) in [6.07, 6.45) is 3.96. The predicted octanol–water partition coefficient (Wildman–Crippen LogP) is 1.90. The minimum Gasteiger partial charge on any atom is -0.623 e. The maximum Gasteiger partial charge on any atom is 0.324 e. The van der Waals surface area contributed by atoms with Crippen LogP contribution >= 0.6 is 0 Å². The minimum atomic E-state index is -0.182. The average Bonchev–Trinajstić information content (AvgIpc) is 2.99. The van der Waals surface area contributed by atoms with Crippen LogP contribution in [0, 0.1) is 5.21 Å². The highest BCUT2D eigenvalue weighted by molar-refractivity contribution is 6.52. The van der Waals surface area contributed by atoms with E-state index in [-0.39, 0.29) is 11.9 Å².